The monoisotopic (exact) mass is 1460 g/mol. The molecule has 0 radical (unpaired) electrons. The molecule has 6 aromatic rings. The third-order valence-electron chi connectivity index (χ3n) is 9.43. The minimum Gasteiger partial charge on any atom is -0.506 e. The lowest BCUT2D eigenvalue weighted by molar-refractivity contribution is -0.0586. The van der Waals surface area contributed by atoms with E-state index >= 15 is 0 Å². The van der Waals surface area contributed by atoms with Gasteiger partial charge in [-0.1, -0.05) is 42.2 Å². The molecule has 0 bridgehead atoms. The van der Waals surface area contributed by atoms with E-state index < -0.39 is 130 Å². The zero-order chi connectivity index (χ0) is 59.2. The molecule has 0 amide bonds. The summed E-state index contributed by atoms with van der Waals surface area (Å²) in [6, 6.07) is 7.79. The first-order valence-corrected chi connectivity index (χ1v) is 26.5. The number of hydrogen-bond acceptors (Lipinski definition) is 15. The lowest BCUT2D eigenvalue weighted by atomic mass is 10.2. The van der Waals surface area contributed by atoms with Crippen LogP contribution in [0.5, 0.6) is 11.5 Å². The Morgan fingerprint density at radius 2 is 0.857 bits per heavy atom. The second kappa shape index (κ2) is 24.3. The zero-order valence-electron chi connectivity index (χ0n) is 37.7. The number of fused-ring (bicyclic) bond motifs is 2. The first-order valence-electron chi connectivity index (χ1n) is 18.8. The molecular formula is C37H30Cl3F11I2N6O15S3. The summed E-state index contributed by atoms with van der Waals surface area (Å²) in [4.78, 5) is 75.8. The van der Waals surface area contributed by atoms with Gasteiger partial charge in [-0.05, 0) is 95.4 Å². The molecule has 21 nitrogen and oxygen atoms in total. The minimum absolute atomic E-state index is 0. The van der Waals surface area contributed by atoms with E-state index in [1.165, 1.54) is 39.2 Å². The van der Waals surface area contributed by atoms with E-state index in [2.05, 4.69) is 4.18 Å². The van der Waals surface area contributed by atoms with Crippen molar-refractivity contribution < 1.29 is 86.5 Å². The zero-order valence-corrected chi connectivity index (χ0v) is 46.7. The SMILES string of the molecule is C.Cc1c(O)c2c(=O)n(C)c(=O)n(-c3ccc(I)cc3F)c2n(C)c1=O.Cc1c(OS(=O)(=O)C(F)(F)F)c2c(=O)n(C)c(=O)n(-c3ccc(I)cc3F)c2n(C)c1=O.ClC(Cl)Cl.O=S(=O)(OS(=O)(=O)C(F)(F)F)C(F)(F)F. The predicted octanol–water partition coefficient (Wildman–Crippen LogP) is 6.14. The highest BCUT2D eigenvalue weighted by Crippen LogP contribution is 2.34. The van der Waals surface area contributed by atoms with Crippen molar-refractivity contribution in [2.75, 3.05) is 0 Å². The summed E-state index contributed by atoms with van der Waals surface area (Å²) < 4.78 is 210. The maximum Gasteiger partial charge on any atom is 0.534 e. The Bertz CT molecular complexity index is 4030. The highest BCUT2D eigenvalue weighted by atomic mass is 127. The molecule has 0 unspecified atom stereocenters. The van der Waals surface area contributed by atoms with Crippen LogP contribution < -0.4 is 37.8 Å². The van der Waals surface area contributed by atoms with E-state index in [0.717, 1.165) is 51.4 Å². The number of aryl methyl sites for hydroxylation is 2. The minimum atomic E-state index is -6.85. The van der Waals surface area contributed by atoms with Gasteiger partial charge in [0.2, 0.25) is 0 Å². The number of aromatic hydroxyl groups is 1. The van der Waals surface area contributed by atoms with Gasteiger partial charge in [0.05, 0.1) is 22.5 Å². The van der Waals surface area contributed by atoms with Crippen LogP contribution in [0.2, 0.25) is 0 Å². The average Bonchev–Trinajstić information content (AvgIpc) is 3.26. The smallest absolute Gasteiger partial charge is 0.506 e. The van der Waals surface area contributed by atoms with Gasteiger partial charge in [0.1, 0.15) is 39.5 Å². The van der Waals surface area contributed by atoms with Gasteiger partial charge < -0.3 is 9.29 Å². The van der Waals surface area contributed by atoms with Gasteiger partial charge in [-0.3, -0.25) is 37.4 Å². The molecule has 4 heterocycles. The van der Waals surface area contributed by atoms with Crippen LogP contribution in [0.3, 0.4) is 0 Å². The van der Waals surface area contributed by atoms with Crippen molar-refractivity contribution in [1.29, 1.82) is 0 Å². The van der Waals surface area contributed by atoms with E-state index in [1.54, 1.807) is 28.7 Å². The fraction of sp³-hybridized carbons (Fsp3) is 0.297. The highest BCUT2D eigenvalue weighted by Gasteiger charge is 2.57. The van der Waals surface area contributed by atoms with E-state index in [1.807, 2.05) is 26.2 Å². The molecule has 0 aliphatic carbocycles. The van der Waals surface area contributed by atoms with E-state index in [0.29, 0.717) is 16.3 Å². The molecular weight excluding hydrogens is 1430 g/mol. The first-order chi connectivity index (χ1) is 34.2. The largest absolute Gasteiger partial charge is 0.534 e. The summed E-state index contributed by atoms with van der Waals surface area (Å²) in [7, 11) is -15.4. The molecule has 0 saturated carbocycles. The van der Waals surface area contributed by atoms with Crippen molar-refractivity contribution in [3.8, 4) is 22.9 Å². The van der Waals surface area contributed by atoms with Crippen LogP contribution >= 0.6 is 80.0 Å². The van der Waals surface area contributed by atoms with Gasteiger partial charge in [0, 0.05) is 35.3 Å². The second-order valence-electron chi connectivity index (χ2n) is 14.3. The van der Waals surface area contributed by atoms with E-state index in [4.69, 9.17) is 34.8 Å². The molecule has 40 heteroatoms. The molecule has 4 aromatic heterocycles. The van der Waals surface area contributed by atoms with Gasteiger partial charge >= 0.3 is 58.3 Å². The topological polar surface area (TPSA) is 273 Å². The Labute approximate surface area is 464 Å². The van der Waals surface area contributed by atoms with Crippen molar-refractivity contribution in [2.24, 2.45) is 28.2 Å². The third-order valence-corrected chi connectivity index (χ3v) is 14.3. The molecule has 6 rings (SSSR count). The average molecular weight is 1460 g/mol. The number of halogens is 16. The van der Waals surface area contributed by atoms with Crippen LogP contribution in [0.15, 0.2) is 65.2 Å². The normalized spacial score (nSPS) is 12.2. The number of alkyl halides is 12. The molecule has 0 saturated heterocycles. The van der Waals surface area contributed by atoms with Crippen LogP contribution in [0.4, 0.5) is 48.3 Å². The Hall–Kier alpha value is -4.81. The Balaban J connectivity index is 0.000000401. The molecule has 428 valence electrons. The van der Waals surface area contributed by atoms with Crippen molar-refractivity contribution in [3.63, 3.8) is 0 Å². The second-order valence-corrected chi connectivity index (χ2v) is 23.6. The molecule has 1 N–H and O–H groups in total. The predicted molar refractivity (Wildman–Crippen MR) is 271 cm³/mol. The fourth-order valence-corrected chi connectivity index (χ4v) is 8.92. The summed E-state index contributed by atoms with van der Waals surface area (Å²) in [5.41, 5.74) is -26.1. The standard InChI is InChI=1S/C17H12F4IN3O6S.C16H13FIN3O4.C2F6O5S2.CHCl3.CH4/c1-7-12(31-32(29,30)17(19,20)21)11-13(23(2)14(7)26)25(16(28)24(3)15(11)27)10-5-4-8(22)6-9(10)18;1-7-12(22)11-13(19(2)14(7)23)21(16(25)20(3)15(11)24)10-5-4-8(18)6-9(10)17;3-1(4,5)14(9,10)13-15(11,12)2(6,7)8;2-1(3)4;/h4-6H,1-3H3;4-6,22H,1-3H3;;1H;1H4. The van der Waals surface area contributed by atoms with Crippen LogP contribution in [0.25, 0.3) is 33.4 Å². The molecule has 0 aliphatic rings. The van der Waals surface area contributed by atoms with E-state index in [-0.39, 0.29) is 29.7 Å². The molecule has 0 fully saturated rings. The van der Waals surface area contributed by atoms with Crippen LogP contribution in [0, 0.1) is 32.6 Å². The first kappa shape index (κ1) is 68.3. The van der Waals surface area contributed by atoms with Crippen molar-refractivity contribution >= 4 is 132 Å². The van der Waals surface area contributed by atoms with Gasteiger partial charge in [0.15, 0.2) is 10.0 Å². The molecule has 0 atom stereocenters. The van der Waals surface area contributed by atoms with Gasteiger partial charge in [-0.15, -0.1) is 3.63 Å². The molecule has 0 spiro atoms. The van der Waals surface area contributed by atoms with Crippen molar-refractivity contribution in [3.05, 3.63) is 129 Å². The lowest BCUT2D eigenvalue weighted by Crippen LogP contribution is -2.41. The third kappa shape index (κ3) is 14.2. The Kier molecular flexibility index (Phi) is 21.5. The fourth-order valence-electron chi connectivity index (χ4n) is 5.93. The molecule has 77 heavy (non-hydrogen) atoms. The number of nitrogens with zero attached hydrogens (tertiary/aromatic N) is 6. The summed E-state index contributed by atoms with van der Waals surface area (Å²) in [5, 5.41) is 9.25. The maximum atomic E-state index is 14.7. The number of benzene rings is 2. The Morgan fingerprint density at radius 3 is 1.18 bits per heavy atom. The van der Waals surface area contributed by atoms with Crippen LogP contribution in [-0.4, -0.2) is 78.6 Å². The maximum absolute atomic E-state index is 14.7. The Morgan fingerprint density at radius 1 is 0.545 bits per heavy atom. The summed E-state index contributed by atoms with van der Waals surface area (Å²) in [6.07, 6.45) is 0. The molecule has 2 aromatic carbocycles. The van der Waals surface area contributed by atoms with E-state index in [9.17, 15) is 107 Å². The van der Waals surface area contributed by atoms with Crippen LogP contribution in [-0.2, 0) is 62.2 Å². The number of hydrogen-bond donors (Lipinski definition) is 1. The summed E-state index contributed by atoms with van der Waals surface area (Å²) in [5.74, 6) is -3.36. The number of rotatable bonds is 6. The van der Waals surface area contributed by atoms with Gasteiger partial charge in [-0.2, -0.15) is 64.8 Å². The summed E-state index contributed by atoms with van der Waals surface area (Å²) >= 11 is 18.1. The highest BCUT2D eigenvalue weighted by molar-refractivity contribution is 14.1. The molecule has 0 aliphatic heterocycles. The number of aromatic nitrogens is 6. The van der Waals surface area contributed by atoms with Crippen molar-refractivity contribution in [2.45, 2.75) is 42.1 Å². The van der Waals surface area contributed by atoms with Crippen molar-refractivity contribution in [1.82, 2.24) is 27.4 Å². The van der Waals surface area contributed by atoms with Crippen LogP contribution in [0.1, 0.15) is 18.6 Å². The number of pyridine rings is 2. The lowest BCUT2D eigenvalue weighted by Gasteiger charge is -2.19. The quantitative estimate of drug-likeness (QED) is 0.0645. The van der Waals surface area contributed by atoms with Gasteiger partial charge in [0.25, 0.3) is 22.2 Å². The summed E-state index contributed by atoms with van der Waals surface area (Å²) in [6.45, 7) is 2.32. The van der Waals surface area contributed by atoms with Gasteiger partial charge in [-0.25, -0.2) is 27.5 Å².